The molecule has 0 unspecified atom stereocenters. The molecule has 0 N–H and O–H groups in total. The summed E-state index contributed by atoms with van der Waals surface area (Å²) in [6, 6.07) is 16.0. The van der Waals surface area contributed by atoms with Gasteiger partial charge in [0.2, 0.25) is 0 Å². The standard InChI is InChI=1S/C20H10BrFN4O2.Li/c21-13-5-6-14(15(22)7-13)16-9-19-24-17(20(27)28)8-18(26(19)25-16)12-3-1-11(10-23)2-4-12;/h1-9H,(H,27,28);/q;+1/p-1. The fourth-order valence-corrected chi connectivity index (χ4v) is 3.16. The van der Waals surface area contributed by atoms with Crippen molar-refractivity contribution in [3.05, 3.63) is 76.1 Å². The van der Waals surface area contributed by atoms with Gasteiger partial charge < -0.3 is 9.90 Å². The molecule has 0 saturated heterocycles. The maximum Gasteiger partial charge on any atom is 1.00 e. The molecule has 0 aliphatic heterocycles. The van der Waals surface area contributed by atoms with Gasteiger partial charge in [-0.05, 0) is 36.4 Å². The Hall–Kier alpha value is -2.97. The van der Waals surface area contributed by atoms with Gasteiger partial charge in [-0.15, -0.1) is 0 Å². The first kappa shape index (κ1) is 20.8. The third kappa shape index (κ3) is 3.94. The molecule has 136 valence electrons. The van der Waals surface area contributed by atoms with Crippen molar-refractivity contribution in [2.24, 2.45) is 0 Å². The predicted molar refractivity (Wildman–Crippen MR) is 101 cm³/mol. The van der Waals surface area contributed by atoms with E-state index in [1.165, 1.54) is 22.7 Å². The Balaban J connectivity index is 0.00000240. The number of fused-ring (bicyclic) bond motifs is 1. The van der Waals surface area contributed by atoms with E-state index in [0.717, 1.165) is 0 Å². The first-order chi connectivity index (χ1) is 13.5. The molecule has 9 heteroatoms. The average molecular weight is 443 g/mol. The number of hydrogen-bond donors (Lipinski definition) is 0. The quantitative estimate of drug-likeness (QED) is 0.422. The van der Waals surface area contributed by atoms with Gasteiger partial charge in [-0.1, -0.05) is 28.1 Å². The van der Waals surface area contributed by atoms with E-state index in [1.807, 2.05) is 6.07 Å². The molecule has 0 aliphatic rings. The molecular formula is C20H9BrFLiN4O2. The van der Waals surface area contributed by atoms with Crippen molar-refractivity contribution >= 4 is 27.5 Å². The van der Waals surface area contributed by atoms with Gasteiger partial charge >= 0.3 is 18.9 Å². The van der Waals surface area contributed by atoms with Gasteiger partial charge in [0.15, 0.2) is 5.65 Å². The fourth-order valence-electron chi connectivity index (χ4n) is 2.83. The predicted octanol–water partition coefficient (Wildman–Crippen LogP) is 0.204. The number of carbonyl (C=O) groups is 1. The zero-order chi connectivity index (χ0) is 19.8. The van der Waals surface area contributed by atoms with Crippen molar-refractivity contribution in [1.82, 2.24) is 14.6 Å². The minimum absolute atomic E-state index is 0. The van der Waals surface area contributed by atoms with Gasteiger partial charge in [0.25, 0.3) is 0 Å². The second-order valence-corrected chi connectivity index (χ2v) is 6.84. The van der Waals surface area contributed by atoms with Crippen molar-refractivity contribution in [3.63, 3.8) is 0 Å². The zero-order valence-electron chi connectivity index (χ0n) is 15.1. The summed E-state index contributed by atoms with van der Waals surface area (Å²) in [5, 5.41) is 24.8. The topological polar surface area (TPSA) is 94.1 Å². The molecule has 0 fully saturated rings. The summed E-state index contributed by atoms with van der Waals surface area (Å²) in [5.74, 6) is -1.91. The first-order valence-electron chi connectivity index (χ1n) is 8.04. The van der Waals surface area contributed by atoms with Crippen LogP contribution in [0.1, 0.15) is 16.1 Å². The molecular weight excluding hydrogens is 434 g/mol. The third-order valence-electron chi connectivity index (χ3n) is 4.15. The molecule has 4 aromatic rings. The Labute approximate surface area is 184 Å². The Bertz CT molecular complexity index is 1280. The normalized spacial score (nSPS) is 10.4. The summed E-state index contributed by atoms with van der Waals surface area (Å²) < 4.78 is 16.4. The number of carbonyl (C=O) groups excluding carboxylic acids is 1. The van der Waals surface area contributed by atoms with E-state index in [1.54, 1.807) is 36.4 Å². The van der Waals surface area contributed by atoms with Crippen molar-refractivity contribution in [1.29, 1.82) is 5.26 Å². The number of rotatable bonds is 3. The molecule has 0 aliphatic carbocycles. The van der Waals surface area contributed by atoms with E-state index in [0.29, 0.717) is 27.0 Å². The van der Waals surface area contributed by atoms with Gasteiger partial charge in [0, 0.05) is 21.7 Å². The molecule has 4 rings (SSSR count). The van der Waals surface area contributed by atoms with E-state index >= 15 is 0 Å². The van der Waals surface area contributed by atoms with Crippen LogP contribution in [0.2, 0.25) is 0 Å². The second-order valence-electron chi connectivity index (χ2n) is 5.93. The molecule has 6 nitrogen and oxygen atoms in total. The second kappa shape index (κ2) is 8.18. The van der Waals surface area contributed by atoms with Crippen LogP contribution in [0.15, 0.2) is 59.1 Å². The Morgan fingerprint density at radius 2 is 1.86 bits per heavy atom. The van der Waals surface area contributed by atoms with Gasteiger partial charge in [-0.2, -0.15) is 10.4 Å². The van der Waals surface area contributed by atoms with Crippen LogP contribution in [0, 0.1) is 17.1 Å². The number of aromatic carboxylic acids is 1. The van der Waals surface area contributed by atoms with E-state index in [2.05, 4.69) is 26.0 Å². The molecule has 2 aromatic carbocycles. The average Bonchev–Trinajstić information content (AvgIpc) is 3.11. The molecule has 0 spiro atoms. The minimum atomic E-state index is -1.44. The van der Waals surface area contributed by atoms with Crippen LogP contribution in [-0.4, -0.2) is 20.6 Å². The Morgan fingerprint density at radius 1 is 1.14 bits per heavy atom. The SMILES string of the molecule is N#Cc1ccc(-c2cc(C(=O)[O-])nc3cc(-c4ccc(Br)cc4F)nn23)cc1.[Li+]. The van der Waals surface area contributed by atoms with Crippen LogP contribution in [0.3, 0.4) is 0 Å². The summed E-state index contributed by atoms with van der Waals surface area (Å²) in [7, 11) is 0. The van der Waals surface area contributed by atoms with Gasteiger partial charge in [0.1, 0.15) is 5.82 Å². The van der Waals surface area contributed by atoms with Crippen molar-refractivity contribution < 1.29 is 33.2 Å². The van der Waals surface area contributed by atoms with Gasteiger partial charge in [-0.25, -0.2) is 13.9 Å². The monoisotopic (exact) mass is 442 g/mol. The maximum atomic E-state index is 14.3. The largest absolute Gasteiger partial charge is 1.00 e. The molecule has 0 radical (unpaired) electrons. The molecule has 0 saturated carbocycles. The van der Waals surface area contributed by atoms with E-state index in [9.17, 15) is 14.3 Å². The van der Waals surface area contributed by atoms with Crippen LogP contribution >= 0.6 is 15.9 Å². The minimum Gasteiger partial charge on any atom is -0.543 e. The van der Waals surface area contributed by atoms with Crippen LogP contribution in [0.4, 0.5) is 4.39 Å². The molecule has 2 heterocycles. The summed E-state index contributed by atoms with van der Waals surface area (Å²) in [4.78, 5) is 15.4. The van der Waals surface area contributed by atoms with E-state index in [-0.39, 0.29) is 35.8 Å². The summed E-state index contributed by atoms with van der Waals surface area (Å²) in [6.45, 7) is 0. The number of benzene rings is 2. The summed E-state index contributed by atoms with van der Waals surface area (Å²) >= 11 is 3.21. The van der Waals surface area contributed by atoms with Crippen LogP contribution < -0.4 is 24.0 Å². The number of aromatic nitrogens is 3. The summed E-state index contributed by atoms with van der Waals surface area (Å²) in [6.07, 6.45) is 0. The molecule has 2 aromatic heterocycles. The molecule has 0 bridgehead atoms. The smallest absolute Gasteiger partial charge is 0.543 e. The number of nitrogens with zero attached hydrogens (tertiary/aromatic N) is 4. The van der Waals surface area contributed by atoms with Crippen molar-refractivity contribution in [2.75, 3.05) is 0 Å². The summed E-state index contributed by atoms with van der Waals surface area (Å²) in [5.41, 5.74) is 2.05. The van der Waals surface area contributed by atoms with Crippen LogP contribution in [-0.2, 0) is 0 Å². The van der Waals surface area contributed by atoms with Crippen molar-refractivity contribution in [3.8, 4) is 28.6 Å². The number of hydrogen-bond acceptors (Lipinski definition) is 5. The van der Waals surface area contributed by atoms with Crippen LogP contribution in [0.5, 0.6) is 0 Å². The number of carboxylic acids is 1. The van der Waals surface area contributed by atoms with E-state index in [4.69, 9.17) is 5.26 Å². The van der Waals surface area contributed by atoms with Gasteiger partial charge in [-0.3, -0.25) is 0 Å². The molecule has 0 amide bonds. The van der Waals surface area contributed by atoms with Gasteiger partial charge in [0.05, 0.1) is 34.7 Å². The van der Waals surface area contributed by atoms with Crippen molar-refractivity contribution in [2.45, 2.75) is 0 Å². The first-order valence-corrected chi connectivity index (χ1v) is 8.83. The number of nitriles is 1. The van der Waals surface area contributed by atoms with E-state index < -0.39 is 11.8 Å². The zero-order valence-corrected chi connectivity index (χ0v) is 16.6. The van der Waals surface area contributed by atoms with Crippen LogP contribution in [0.25, 0.3) is 28.2 Å². The maximum absolute atomic E-state index is 14.3. The number of carboxylic acid groups (broad SMARTS) is 1. The molecule has 0 atom stereocenters. The fraction of sp³-hybridized carbons (Fsp3) is 0. The Kier molecular flexibility index (Phi) is 5.85. The third-order valence-corrected chi connectivity index (χ3v) is 4.65. The molecule has 29 heavy (non-hydrogen) atoms. The Morgan fingerprint density at radius 3 is 2.48 bits per heavy atom. The number of halogens is 2.